The summed E-state index contributed by atoms with van der Waals surface area (Å²) in [5.41, 5.74) is 1.44. The van der Waals surface area contributed by atoms with Crippen LogP contribution in [0.25, 0.3) is 11.3 Å². The number of carbonyl (C=O) groups excluding carboxylic acids is 1. The van der Waals surface area contributed by atoms with Crippen molar-refractivity contribution in [1.29, 1.82) is 5.26 Å². The Hall–Kier alpha value is -4.05. The predicted octanol–water partition coefficient (Wildman–Crippen LogP) is 4.29. The molecular weight excluding hydrogens is 522 g/mol. The lowest BCUT2D eigenvalue weighted by Gasteiger charge is -2.08. The number of carbonyl (C=O) groups is 1. The molecule has 1 N–H and O–H groups in total. The Kier molecular flexibility index (Phi) is 6.77. The zero-order chi connectivity index (χ0) is 25.1. The lowest BCUT2D eigenvalue weighted by Crippen LogP contribution is -2.23. The topological polar surface area (TPSA) is 132 Å². The van der Waals surface area contributed by atoms with Crippen molar-refractivity contribution in [2.24, 2.45) is 0 Å². The maximum Gasteiger partial charge on any atom is 0.291 e. The van der Waals surface area contributed by atoms with Gasteiger partial charge in [0.15, 0.2) is 0 Å². The van der Waals surface area contributed by atoms with E-state index in [-0.39, 0.29) is 23.7 Å². The van der Waals surface area contributed by atoms with Gasteiger partial charge in [-0.15, -0.1) is 11.3 Å². The number of hydrogen-bond acceptors (Lipinski definition) is 10. The van der Waals surface area contributed by atoms with Gasteiger partial charge in [-0.25, -0.2) is 4.37 Å². The van der Waals surface area contributed by atoms with Crippen LogP contribution in [0, 0.1) is 11.3 Å². The van der Waals surface area contributed by atoms with Crippen LogP contribution in [0.5, 0.6) is 0 Å². The molecule has 0 amide bonds. The van der Waals surface area contributed by atoms with Gasteiger partial charge in [0.2, 0.25) is 0 Å². The first kappa shape index (κ1) is 23.7. The molecule has 0 spiro atoms. The number of nitrogens with zero attached hydrogens (tertiary/aromatic N) is 6. The fourth-order valence-electron chi connectivity index (χ4n) is 3.52. The van der Waals surface area contributed by atoms with Gasteiger partial charge in [-0.3, -0.25) is 14.2 Å². The molecule has 0 saturated heterocycles. The van der Waals surface area contributed by atoms with Crippen LogP contribution in [-0.4, -0.2) is 29.8 Å². The molecule has 0 atom stereocenters. The normalized spacial score (nSPS) is 10.9. The summed E-state index contributed by atoms with van der Waals surface area (Å²) in [6.45, 7) is 0.712. The average Bonchev–Trinajstić information content (AvgIpc) is 3.68. The van der Waals surface area contributed by atoms with E-state index < -0.39 is 0 Å². The van der Waals surface area contributed by atoms with E-state index in [0.29, 0.717) is 39.3 Å². The molecule has 0 saturated carbocycles. The van der Waals surface area contributed by atoms with Crippen LogP contribution in [-0.2, 0) is 19.5 Å². The van der Waals surface area contributed by atoms with Crippen molar-refractivity contribution in [3.63, 3.8) is 0 Å². The Morgan fingerprint density at radius 3 is 2.83 bits per heavy atom. The number of halogens is 1. The van der Waals surface area contributed by atoms with Crippen LogP contribution < -0.4 is 10.9 Å². The lowest BCUT2D eigenvalue weighted by molar-refractivity contribution is 0.0952. The van der Waals surface area contributed by atoms with E-state index >= 15 is 0 Å². The van der Waals surface area contributed by atoms with E-state index in [2.05, 4.69) is 26.0 Å². The van der Waals surface area contributed by atoms with Gasteiger partial charge in [-0.2, -0.15) is 15.0 Å². The monoisotopic (exact) mass is 537 g/mol. The van der Waals surface area contributed by atoms with Gasteiger partial charge in [0, 0.05) is 40.9 Å². The predicted molar refractivity (Wildman–Crippen MR) is 135 cm³/mol. The molecular formula is C23H16ClN7O3S2. The van der Waals surface area contributed by atoms with Crippen molar-refractivity contribution >= 4 is 46.2 Å². The molecule has 0 fully saturated rings. The first-order valence-corrected chi connectivity index (χ1v) is 12.6. The van der Waals surface area contributed by atoms with Gasteiger partial charge in [-0.05, 0) is 42.2 Å². The van der Waals surface area contributed by atoms with Gasteiger partial charge >= 0.3 is 0 Å². The van der Waals surface area contributed by atoms with E-state index in [0.717, 1.165) is 22.0 Å². The Morgan fingerprint density at radius 2 is 2.14 bits per heavy atom. The fraction of sp³-hybridized carbons (Fsp3) is 0.130. The fourth-order valence-corrected chi connectivity index (χ4v) is 5.07. The van der Waals surface area contributed by atoms with E-state index in [4.69, 9.17) is 16.1 Å². The zero-order valence-corrected chi connectivity index (χ0v) is 20.8. The molecule has 10 nitrogen and oxygen atoms in total. The minimum Gasteiger partial charge on any atom is -0.365 e. The number of pyridine rings is 1. The average molecular weight is 538 g/mol. The van der Waals surface area contributed by atoms with Gasteiger partial charge in [-0.1, -0.05) is 16.8 Å². The number of hydrogen-bond donors (Lipinski definition) is 1. The second-order valence-corrected chi connectivity index (χ2v) is 10.2. The number of nitriles is 1. The van der Waals surface area contributed by atoms with Crippen LogP contribution in [0.1, 0.15) is 25.8 Å². The Labute approximate surface area is 217 Å². The summed E-state index contributed by atoms with van der Waals surface area (Å²) >= 11 is 8.52. The van der Waals surface area contributed by atoms with Crippen LogP contribution in [0.4, 0.5) is 5.82 Å². The van der Waals surface area contributed by atoms with E-state index in [1.807, 2.05) is 6.07 Å². The maximum absolute atomic E-state index is 13.1. The Morgan fingerprint density at radius 1 is 1.25 bits per heavy atom. The first-order chi connectivity index (χ1) is 17.5. The van der Waals surface area contributed by atoms with Gasteiger partial charge in [0.25, 0.3) is 11.5 Å². The van der Waals surface area contributed by atoms with Gasteiger partial charge < -0.3 is 9.84 Å². The summed E-state index contributed by atoms with van der Waals surface area (Å²) < 4.78 is 12.1. The highest BCUT2D eigenvalue weighted by Crippen LogP contribution is 2.26. The summed E-state index contributed by atoms with van der Waals surface area (Å²) in [5, 5.41) is 21.0. The smallest absolute Gasteiger partial charge is 0.291 e. The molecule has 36 heavy (non-hydrogen) atoms. The molecule has 5 aromatic rings. The highest BCUT2D eigenvalue weighted by Gasteiger charge is 2.20. The Bertz CT molecular complexity index is 1610. The summed E-state index contributed by atoms with van der Waals surface area (Å²) in [6.07, 6.45) is 5.09. The molecule has 0 aliphatic carbocycles. The molecule has 0 aliphatic heterocycles. The molecule has 5 aromatic heterocycles. The van der Waals surface area contributed by atoms with Crippen LogP contribution in [0.2, 0.25) is 4.34 Å². The molecule has 13 heteroatoms. The second-order valence-electron chi connectivity index (χ2n) is 7.58. The number of rotatable bonds is 8. The molecule has 180 valence electrons. The van der Waals surface area contributed by atoms with Crippen molar-refractivity contribution in [3.8, 4) is 17.3 Å². The SMILES string of the molecule is N#Cc1cc(-c2cc(NCc3ccc(Cl)s3)n(C(=O)c3ccns3)n2)cc(=O)n1CCc1cnoc1. The van der Waals surface area contributed by atoms with Gasteiger partial charge in [0.1, 0.15) is 28.7 Å². The molecule has 0 bridgehead atoms. The molecule has 0 aromatic carbocycles. The highest BCUT2D eigenvalue weighted by molar-refractivity contribution is 7.16. The summed E-state index contributed by atoms with van der Waals surface area (Å²) in [6, 6.07) is 12.1. The third-order valence-electron chi connectivity index (χ3n) is 5.27. The number of nitrogens with one attached hydrogen (secondary N) is 1. The minimum absolute atomic E-state index is 0.181. The highest BCUT2D eigenvalue weighted by atomic mass is 35.5. The third kappa shape index (κ3) is 4.99. The second kappa shape index (κ2) is 10.3. The molecule has 5 rings (SSSR count). The third-order valence-corrected chi connectivity index (χ3v) is 7.23. The maximum atomic E-state index is 13.1. The zero-order valence-electron chi connectivity index (χ0n) is 18.4. The lowest BCUT2D eigenvalue weighted by atomic mass is 10.1. The number of anilines is 1. The van der Waals surface area contributed by atoms with Crippen molar-refractivity contribution < 1.29 is 9.32 Å². The van der Waals surface area contributed by atoms with Crippen molar-refractivity contribution in [2.75, 3.05) is 5.32 Å². The summed E-state index contributed by atoms with van der Waals surface area (Å²) in [7, 11) is 0. The van der Waals surface area contributed by atoms with Crippen molar-refractivity contribution in [1.82, 2.24) is 23.9 Å². The largest absolute Gasteiger partial charge is 0.365 e. The molecule has 5 heterocycles. The van der Waals surface area contributed by atoms with Crippen LogP contribution in [0.3, 0.4) is 0 Å². The molecule has 0 unspecified atom stereocenters. The van der Waals surface area contributed by atoms with Crippen molar-refractivity contribution in [3.05, 3.63) is 90.8 Å². The standard InChI is InChI=1S/C23H16ClN7O3S2/c24-20-2-1-17(35-20)12-26-21-9-18(29-31(21)23(33)19-3-5-28-36-19)15-7-16(10-25)30(22(32)8-15)6-4-14-11-27-34-13-14/h1-3,5,7-9,11,13,26H,4,6,12H2. The van der Waals surface area contributed by atoms with E-state index in [1.54, 1.807) is 36.7 Å². The Balaban J connectivity index is 1.48. The quantitative estimate of drug-likeness (QED) is 0.310. The van der Waals surface area contributed by atoms with E-state index in [1.165, 1.54) is 32.9 Å². The van der Waals surface area contributed by atoms with Crippen LogP contribution >= 0.6 is 34.5 Å². The molecule has 0 radical (unpaired) electrons. The van der Waals surface area contributed by atoms with Crippen LogP contribution in [0.15, 0.2) is 64.4 Å². The van der Waals surface area contributed by atoms with Crippen molar-refractivity contribution in [2.45, 2.75) is 19.5 Å². The number of aromatic nitrogens is 5. The first-order valence-electron chi connectivity index (χ1n) is 10.6. The minimum atomic E-state index is -0.363. The number of aryl methyl sites for hydroxylation is 1. The summed E-state index contributed by atoms with van der Waals surface area (Å²) in [4.78, 5) is 27.4. The van der Waals surface area contributed by atoms with Gasteiger partial charge in [0.05, 0.1) is 22.8 Å². The van der Waals surface area contributed by atoms with E-state index in [9.17, 15) is 14.9 Å². The number of thiophene rings is 1. The molecule has 0 aliphatic rings. The summed E-state index contributed by atoms with van der Waals surface area (Å²) in [5.74, 6) is 0.0705.